The lowest BCUT2D eigenvalue weighted by Crippen LogP contribution is -2.22. The molecule has 1 amide bonds. The Kier molecular flexibility index (Phi) is 7.23. The number of benzene rings is 1. The summed E-state index contributed by atoms with van der Waals surface area (Å²) in [6.07, 6.45) is -4.46. The predicted octanol–water partition coefficient (Wildman–Crippen LogP) is 3.73. The van der Waals surface area contributed by atoms with E-state index in [1.807, 2.05) is 0 Å². The minimum Gasteiger partial charge on any atom is -0.383 e. The van der Waals surface area contributed by atoms with Crippen LogP contribution in [0.2, 0.25) is 0 Å². The highest BCUT2D eigenvalue weighted by molar-refractivity contribution is 8.02. The number of methoxy groups -OCH3 is 1. The summed E-state index contributed by atoms with van der Waals surface area (Å²) in [6, 6.07) is 4.51. The number of aromatic nitrogens is 2. The average Bonchev–Trinajstić information content (AvgIpc) is 3.02. The number of hydrogen-bond donors (Lipinski definition) is 2. The van der Waals surface area contributed by atoms with Gasteiger partial charge in [-0.3, -0.25) is 4.79 Å². The Morgan fingerprint density at radius 3 is 2.85 bits per heavy atom. The zero-order valence-electron chi connectivity index (χ0n) is 14.0. The molecule has 1 atom stereocenters. The van der Waals surface area contributed by atoms with E-state index in [1.165, 1.54) is 35.2 Å². The van der Waals surface area contributed by atoms with E-state index in [4.69, 9.17) is 4.74 Å². The van der Waals surface area contributed by atoms with Crippen molar-refractivity contribution in [2.24, 2.45) is 0 Å². The number of anilines is 2. The maximum atomic E-state index is 12.7. The van der Waals surface area contributed by atoms with E-state index in [2.05, 4.69) is 20.8 Å². The largest absolute Gasteiger partial charge is 0.416 e. The van der Waals surface area contributed by atoms with Crippen LogP contribution in [0.3, 0.4) is 0 Å². The lowest BCUT2D eigenvalue weighted by Gasteiger charge is -2.12. The molecule has 26 heavy (non-hydrogen) atoms. The van der Waals surface area contributed by atoms with Crippen molar-refractivity contribution in [1.29, 1.82) is 0 Å². The molecule has 1 unspecified atom stereocenters. The van der Waals surface area contributed by atoms with Gasteiger partial charge in [0.1, 0.15) is 0 Å². The second-order valence-electron chi connectivity index (χ2n) is 5.12. The summed E-state index contributed by atoms with van der Waals surface area (Å²) in [4.78, 5) is 12.2. The monoisotopic (exact) mass is 406 g/mol. The van der Waals surface area contributed by atoms with Gasteiger partial charge in [-0.05, 0) is 25.1 Å². The van der Waals surface area contributed by atoms with Crippen molar-refractivity contribution in [1.82, 2.24) is 10.2 Å². The van der Waals surface area contributed by atoms with Crippen LogP contribution in [0.25, 0.3) is 0 Å². The molecule has 6 nitrogen and oxygen atoms in total. The van der Waals surface area contributed by atoms with E-state index in [-0.39, 0.29) is 5.69 Å². The van der Waals surface area contributed by atoms with Crippen molar-refractivity contribution in [2.45, 2.75) is 22.7 Å². The molecular formula is C15H17F3N4O2S2. The van der Waals surface area contributed by atoms with E-state index in [0.717, 1.165) is 12.1 Å². The normalized spacial score (nSPS) is 12.7. The van der Waals surface area contributed by atoms with Crippen LogP contribution in [0, 0.1) is 0 Å². The Morgan fingerprint density at radius 1 is 1.38 bits per heavy atom. The minimum absolute atomic E-state index is 0.0939. The molecule has 1 aromatic heterocycles. The number of carbonyl (C=O) groups excluding carboxylic acids is 1. The molecule has 0 bridgehead atoms. The van der Waals surface area contributed by atoms with Crippen molar-refractivity contribution in [3.8, 4) is 0 Å². The smallest absolute Gasteiger partial charge is 0.383 e. The lowest BCUT2D eigenvalue weighted by molar-refractivity contribution is -0.137. The van der Waals surface area contributed by atoms with Gasteiger partial charge in [-0.15, -0.1) is 10.2 Å². The Morgan fingerprint density at radius 2 is 2.15 bits per heavy atom. The number of thioether (sulfide) groups is 1. The second-order valence-corrected chi connectivity index (χ2v) is 7.69. The van der Waals surface area contributed by atoms with E-state index in [9.17, 15) is 18.0 Å². The molecule has 1 aromatic carbocycles. The van der Waals surface area contributed by atoms with Gasteiger partial charge in [0.15, 0.2) is 4.34 Å². The Bertz CT molecular complexity index is 740. The zero-order chi connectivity index (χ0) is 19.2. The van der Waals surface area contributed by atoms with E-state index in [0.29, 0.717) is 22.6 Å². The summed E-state index contributed by atoms with van der Waals surface area (Å²) in [5.74, 6) is -0.418. The maximum absolute atomic E-state index is 12.7. The molecule has 0 saturated carbocycles. The fourth-order valence-electron chi connectivity index (χ4n) is 1.81. The number of carbonyl (C=O) groups is 1. The standard InChI is InChI=1S/C15H17F3N4O2S2/c1-9(25-14-22-21-13(26-14)19-6-7-24-2)12(23)20-11-5-3-4-10(8-11)15(16,17)18/h3-5,8-9H,6-7H2,1-2H3,(H,19,21)(H,20,23). The first-order valence-corrected chi connectivity index (χ1v) is 9.20. The number of nitrogens with zero attached hydrogens (tertiary/aromatic N) is 2. The third-order valence-electron chi connectivity index (χ3n) is 3.09. The van der Waals surface area contributed by atoms with Gasteiger partial charge in [0.25, 0.3) is 0 Å². The first-order valence-electron chi connectivity index (χ1n) is 7.50. The van der Waals surface area contributed by atoms with Gasteiger partial charge in [-0.2, -0.15) is 13.2 Å². The van der Waals surface area contributed by atoms with Gasteiger partial charge in [-0.1, -0.05) is 29.2 Å². The van der Waals surface area contributed by atoms with Gasteiger partial charge in [0, 0.05) is 19.3 Å². The molecule has 2 aromatic rings. The van der Waals surface area contributed by atoms with Gasteiger partial charge < -0.3 is 15.4 Å². The Labute approximate surface area is 156 Å². The predicted molar refractivity (Wildman–Crippen MR) is 95.7 cm³/mol. The molecule has 11 heteroatoms. The Hall–Kier alpha value is -1.85. The highest BCUT2D eigenvalue weighted by Crippen LogP contribution is 2.32. The molecule has 2 rings (SSSR count). The summed E-state index contributed by atoms with van der Waals surface area (Å²) in [7, 11) is 1.59. The van der Waals surface area contributed by atoms with Crippen LogP contribution in [-0.4, -0.2) is 41.6 Å². The number of halogens is 3. The van der Waals surface area contributed by atoms with Crippen LogP contribution >= 0.6 is 23.1 Å². The van der Waals surface area contributed by atoms with Crippen molar-refractivity contribution in [2.75, 3.05) is 30.9 Å². The van der Waals surface area contributed by atoms with E-state index >= 15 is 0 Å². The summed E-state index contributed by atoms with van der Waals surface area (Å²) in [6.45, 7) is 2.76. The zero-order valence-corrected chi connectivity index (χ0v) is 15.6. The SMILES string of the molecule is COCCNc1nnc(SC(C)C(=O)Nc2cccc(C(F)(F)F)c2)s1. The van der Waals surface area contributed by atoms with Crippen molar-refractivity contribution in [3.63, 3.8) is 0 Å². The summed E-state index contributed by atoms with van der Waals surface area (Å²) < 4.78 is 43.7. The molecule has 0 aliphatic rings. The van der Waals surface area contributed by atoms with Crippen LogP contribution in [-0.2, 0) is 15.7 Å². The molecule has 0 aliphatic carbocycles. The third-order valence-corrected chi connectivity index (χ3v) is 5.16. The van der Waals surface area contributed by atoms with E-state index in [1.54, 1.807) is 14.0 Å². The number of ether oxygens (including phenoxy) is 1. The van der Waals surface area contributed by atoms with Gasteiger partial charge in [0.2, 0.25) is 11.0 Å². The maximum Gasteiger partial charge on any atom is 0.416 e. The average molecular weight is 406 g/mol. The number of rotatable bonds is 8. The first-order chi connectivity index (χ1) is 12.3. The summed E-state index contributed by atoms with van der Waals surface area (Å²) >= 11 is 2.47. The van der Waals surface area contributed by atoms with Crippen LogP contribution in [0.4, 0.5) is 24.0 Å². The summed E-state index contributed by atoms with van der Waals surface area (Å²) in [5.41, 5.74) is -0.719. The number of hydrogen-bond acceptors (Lipinski definition) is 7. The molecule has 0 saturated heterocycles. The van der Waals surface area contributed by atoms with Crippen LogP contribution in [0.5, 0.6) is 0 Å². The molecule has 0 fully saturated rings. The molecule has 142 valence electrons. The minimum atomic E-state index is -4.46. The fraction of sp³-hybridized carbons (Fsp3) is 0.400. The third kappa shape index (κ3) is 6.15. The fourth-order valence-corrected chi connectivity index (χ4v) is 3.73. The number of nitrogens with one attached hydrogen (secondary N) is 2. The molecular weight excluding hydrogens is 389 g/mol. The van der Waals surface area contributed by atoms with Gasteiger partial charge in [0.05, 0.1) is 17.4 Å². The number of amides is 1. The Balaban J connectivity index is 1.92. The lowest BCUT2D eigenvalue weighted by atomic mass is 10.2. The van der Waals surface area contributed by atoms with Gasteiger partial charge in [-0.25, -0.2) is 0 Å². The van der Waals surface area contributed by atoms with Crippen molar-refractivity contribution >= 4 is 39.8 Å². The van der Waals surface area contributed by atoms with Crippen LogP contribution in [0.1, 0.15) is 12.5 Å². The van der Waals surface area contributed by atoms with Crippen molar-refractivity contribution < 1.29 is 22.7 Å². The molecule has 0 aliphatic heterocycles. The summed E-state index contributed by atoms with van der Waals surface area (Å²) in [5, 5.41) is 13.5. The second kappa shape index (κ2) is 9.19. The topological polar surface area (TPSA) is 76.1 Å². The highest BCUT2D eigenvalue weighted by Gasteiger charge is 2.30. The van der Waals surface area contributed by atoms with Gasteiger partial charge >= 0.3 is 6.18 Å². The quantitative estimate of drug-likeness (QED) is 0.514. The highest BCUT2D eigenvalue weighted by atomic mass is 32.2. The first kappa shape index (κ1) is 20.5. The van der Waals surface area contributed by atoms with Crippen molar-refractivity contribution in [3.05, 3.63) is 29.8 Å². The molecule has 0 spiro atoms. The number of alkyl halides is 3. The molecule has 0 radical (unpaired) electrons. The van der Waals surface area contributed by atoms with E-state index < -0.39 is 22.9 Å². The molecule has 1 heterocycles. The van der Waals surface area contributed by atoms with Crippen LogP contribution in [0.15, 0.2) is 28.6 Å². The molecule has 2 N–H and O–H groups in total. The van der Waals surface area contributed by atoms with Crippen LogP contribution < -0.4 is 10.6 Å².